The van der Waals surface area contributed by atoms with E-state index in [2.05, 4.69) is 0 Å². The summed E-state index contributed by atoms with van der Waals surface area (Å²) >= 11 is 0. The Hall–Kier alpha value is -3.86. The van der Waals surface area contributed by atoms with Gasteiger partial charge in [0.2, 0.25) is 0 Å². The molecule has 3 aromatic rings. The molecule has 0 N–H and O–H groups in total. The Morgan fingerprint density at radius 2 is 1.83 bits per heavy atom. The lowest BCUT2D eigenvalue weighted by atomic mass is 10.1. The zero-order chi connectivity index (χ0) is 25.9. The number of amides is 1. The molecule has 1 aromatic heterocycles. The van der Waals surface area contributed by atoms with E-state index < -0.39 is 16.7 Å². The average molecular weight is 503 g/mol. The van der Waals surface area contributed by atoms with Crippen LogP contribution < -0.4 is 4.74 Å². The van der Waals surface area contributed by atoms with Gasteiger partial charge < -0.3 is 14.1 Å². The molecule has 8 nitrogen and oxygen atoms in total. The van der Waals surface area contributed by atoms with Gasteiger partial charge in [0.1, 0.15) is 12.4 Å². The second-order valence-electron chi connectivity index (χ2n) is 8.55. The highest BCUT2D eigenvalue weighted by Crippen LogP contribution is 2.30. The van der Waals surface area contributed by atoms with Crippen LogP contribution in [-0.4, -0.2) is 46.8 Å². The highest BCUT2D eigenvalue weighted by Gasteiger charge is 2.31. The fourth-order valence-electron chi connectivity index (χ4n) is 3.98. The molecular formula is C25H24F3N3O5. The minimum absolute atomic E-state index is 0.0814. The Bertz CT molecular complexity index is 1250. The number of benzene rings is 2. The predicted octanol–water partition coefficient (Wildman–Crippen LogP) is 5.05. The van der Waals surface area contributed by atoms with Crippen LogP contribution in [0.3, 0.4) is 0 Å². The number of hydrogen-bond acceptors (Lipinski definition) is 6. The van der Waals surface area contributed by atoms with Crippen LogP contribution in [0.4, 0.5) is 18.9 Å². The van der Waals surface area contributed by atoms with Gasteiger partial charge >= 0.3 is 11.9 Å². The van der Waals surface area contributed by atoms with E-state index in [0.717, 1.165) is 17.7 Å². The minimum Gasteiger partial charge on any atom is -0.479 e. The maximum Gasteiger partial charge on any atom is 0.416 e. The van der Waals surface area contributed by atoms with Gasteiger partial charge in [-0.05, 0) is 42.3 Å². The van der Waals surface area contributed by atoms with Gasteiger partial charge in [-0.3, -0.25) is 19.8 Å². The number of nitrogens with zero attached hydrogens (tertiary/aromatic N) is 3. The second-order valence-corrected chi connectivity index (χ2v) is 8.55. The van der Waals surface area contributed by atoms with Crippen molar-refractivity contribution in [3.63, 3.8) is 0 Å². The van der Waals surface area contributed by atoms with Gasteiger partial charge in [0.05, 0.1) is 10.5 Å². The number of piperazine rings is 1. The Morgan fingerprint density at radius 1 is 1.08 bits per heavy atom. The number of nitro benzene ring substituents is 1. The summed E-state index contributed by atoms with van der Waals surface area (Å²) < 4.78 is 50.0. The summed E-state index contributed by atoms with van der Waals surface area (Å²) in [5.41, 5.74) is 0.466. The third kappa shape index (κ3) is 6.03. The summed E-state index contributed by atoms with van der Waals surface area (Å²) in [6, 6.07) is 13.0. The van der Waals surface area contributed by atoms with E-state index in [1.807, 2.05) is 4.90 Å². The van der Waals surface area contributed by atoms with Crippen molar-refractivity contribution >= 4 is 11.6 Å². The van der Waals surface area contributed by atoms with Crippen molar-refractivity contribution in [3.05, 3.63) is 92.9 Å². The van der Waals surface area contributed by atoms with E-state index in [0.29, 0.717) is 44.0 Å². The molecule has 2 aromatic carbocycles. The highest BCUT2D eigenvalue weighted by molar-refractivity contribution is 5.91. The summed E-state index contributed by atoms with van der Waals surface area (Å²) in [6.45, 7) is 3.85. The van der Waals surface area contributed by atoms with Crippen LogP contribution >= 0.6 is 0 Å². The van der Waals surface area contributed by atoms with Gasteiger partial charge in [0, 0.05) is 38.8 Å². The lowest BCUT2D eigenvalue weighted by molar-refractivity contribution is -0.386. The van der Waals surface area contributed by atoms with E-state index in [4.69, 9.17) is 9.15 Å². The molecule has 190 valence electrons. The third-order valence-electron chi connectivity index (χ3n) is 5.87. The van der Waals surface area contributed by atoms with Crippen molar-refractivity contribution in [2.24, 2.45) is 0 Å². The first-order chi connectivity index (χ1) is 17.1. The Labute approximate surface area is 205 Å². The van der Waals surface area contributed by atoms with Crippen molar-refractivity contribution in [2.75, 3.05) is 26.2 Å². The molecule has 36 heavy (non-hydrogen) atoms. The van der Waals surface area contributed by atoms with Crippen LogP contribution in [-0.2, 0) is 19.3 Å². The minimum atomic E-state index is -4.39. The molecule has 0 unspecified atom stereocenters. The van der Waals surface area contributed by atoms with Crippen molar-refractivity contribution in [3.8, 4) is 5.75 Å². The van der Waals surface area contributed by atoms with E-state index >= 15 is 0 Å². The van der Waals surface area contributed by atoms with Crippen LogP contribution in [0, 0.1) is 17.0 Å². The SMILES string of the molecule is Cc1ccc(OCc2ccc(C(=O)N3CCN(Cc4cccc(C(F)(F)F)c4)CC3)o2)c([N+](=O)[O-])c1. The molecule has 0 aliphatic carbocycles. The second kappa shape index (κ2) is 10.4. The number of aryl methyl sites for hydroxylation is 1. The molecule has 2 heterocycles. The number of alkyl halides is 3. The van der Waals surface area contributed by atoms with Gasteiger partial charge in [-0.25, -0.2) is 0 Å². The number of hydrogen-bond donors (Lipinski definition) is 0. The topological polar surface area (TPSA) is 89.1 Å². The number of carbonyl (C=O) groups excluding carboxylic acids is 1. The van der Waals surface area contributed by atoms with Gasteiger partial charge in [0.15, 0.2) is 11.5 Å². The first-order valence-electron chi connectivity index (χ1n) is 11.2. The number of carbonyl (C=O) groups is 1. The van der Waals surface area contributed by atoms with Gasteiger partial charge in [-0.1, -0.05) is 24.3 Å². The van der Waals surface area contributed by atoms with Crippen LogP contribution in [0.1, 0.15) is 33.0 Å². The largest absolute Gasteiger partial charge is 0.479 e. The molecule has 0 radical (unpaired) electrons. The lowest BCUT2D eigenvalue weighted by Crippen LogP contribution is -2.48. The summed E-state index contributed by atoms with van der Waals surface area (Å²) in [4.78, 5) is 27.2. The smallest absolute Gasteiger partial charge is 0.416 e. The average Bonchev–Trinajstić information content (AvgIpc) is 3.32. The zero-order valence-corrected chi connectivity index (χ0v) is 19.5. The molecule has 4 rings (SSSR count). The monoisotopic (exact) mass is 503 g/mol. The van der Waals surface area contributed by atoms with E-state index in [-0.39, 0.29) is 29.7 Å². The number of ether oxygens (including phenoxy) is 1. The van der Waals surface area contributed by atoms with Crippen molar-refractivity contribution in [1.82, 2.24) is 9.80 Å². The zero-order valence-electron chi connectivity index (χ0n) is 19.5. The van der Waals surface area contributed by atoms with Crippen LogP contribution in [0.2, 0.25) is 0 Å². The van der Waals surface area contributed by atoms with Crippen LogP contribution in [0.15, 0.2) is 59.0 Å². The van der Waals surface area contributed by atoms with Crippen molar-refractivity contribution in [2.45, 2.75) is 26.3 Å². The molecule has 1 saturated heterocycles. The molecule has 0 saturated carbocycles. The summed E-state index contributed by atoms with van der Waals surface area (Å²) in [6.07, 6.45) is -4.39. The van der Waals surface area contributed by atoms with Gasteiger partial charge in [-0.2, -0.15) is 13.2 Å². The van der Waals surface area contributed by atoms with E-state index in [9.17, 15) is 28.1 Å². The number of furan rings is 1. The molecule has 1 amide bonds. The van der Waals surface area contributed by atoms with Gasteiger partial charge in [-0.15, -0.1) is 0 Å². The van der Waals surface area contributed by atoms with Crippen molar-refractivity contribution < 1.29 is 32.0 Å². The maximum absolute atomic E-state index is 12.9. The lowest BCUT2D eigenvalue weighted by Gasteiger charge is -2.34. The molecule has 1 fully saturated rings. The number of rotatable bonds is 7. The molecule has 1 aliphatic rings. The standard InChI is InChI=1S/C25H24F3N3O5/c1-17-5-7-22(21(13-17)31(33)34)35-16-20-6-8-23(36-20)24(32)30-11-9-29(10-12-30)15-18-3-2-4-19(14-18)25(26,27)28/h2-8,13-14H,9-12,15-16H2,1H3. The summed E-state index contributed by atoms with van der Waals surface area (Å²) in [5.74, 6) is 0.266. The Morgan fingerprint density at radius 3 is 2.53 bits per heavy atom. The van der Waals surface area contributed by atoms with Crippen LogP contribution in [0.5, 0.6) is 5.75 Å². The third-order valence-corrected chi connectivity index (χ3v) is 5.87. The molecular weight excluding hydrogens is 479 g/mol. The molecule has 1 aliphatic heterocycles. The number of halogens is 3. The first-order valence-corrected chi connectivity index (χ1v) is 11.2. The Kier molecular flexibility index (Phi) is 7.30. The normalized spacial score (nSPS) is 14.6. The van der Waals surface area contributed by atoms with E-state index in [1.54, 1.807) is 30.0 Å². The molecule has 0 bridgehead atoms. The first kappa shape index (κ1) is 25.2. The van der Waals surface area contributed by atoms with Crippen molar-refractivity contribution in [1.29, 1.82) is 0 Å². The fourth-order valence-corrected chi connectivity index (χ4v) is 3.98. The van der Waals surface area contributed by atoms with Crippen LogP contribution in [0.25, 0.3) is 0 Å². The molecule has 0 atom stereocenters. The van der Waals surface area contributed by atoms with Gasteiger partial charge in [0.25, 0.3) is 5.91 Å². The predicted molar refractivity (Wildman–Crippen MR) is 123 cm³/mol. The molecule has 11 heteroatoms. The molecule has 0 spiro atoms. The highest BCUT2D eigenvalue weighted by atomic mass is 19.4. The fraction of sp³-hybridized carbons (Fsp3) is 0.320. The summed E-state index contributed by atoms with van der Waals surface area (Å²) in [7, 11) is 0. The van der Waals surface area contributed by atoms with E-state index in [1.165, 1.54) is 24.3 Å². The maximum atomic E-state index is 12.9. The quantitative estimate of drug-likeness (QED) is 0.331. The summed E-state index contributed by atoms with van der Waals surface area (Å²) in [5, 5.41) is 11.2. The number of nitro groups is 1. The Balaban J connectivity index is 1.30.